The minimum absolute atomic E-state index is 0.181. The van der Waals surface area contributed by atoms with Gasteiger partial charge in [0.2, 0.25) is 0 Å². The van der Waals surface area contributed by atoms with Gasteiger partial charge in [0, 0.05) is 4.88 Å². The lowest BCUT2D eigenvalue weighted by Gasteiger charge is -2.01. The molecule has 0 aliphatic rings. The average Bonchev–Trinajstić information content (AvgIpc) is 2.59. The summed E-state index contributed by atoms with van der Waals surface area (Å²) in [5.74, 6) is -0.729. The number of carboxylic acid groups (broad SMARTS) is 1. The Kier molecular flexibility index (Phi) is 5.40. The maximum absolute atomic E-state index is 10.6. The van der Waals surface area contributed by atoms with Gasteiger partial charge in [0.15, 0.2) is 0 Å². The molecular weight excluding hydrogens is 208 g/mol. The van der Waals surface area contributed by atoms with Crippen LogP contribution in [0, 0.1) is 0 Å². The smallest absolute Gasteiger partial charge is 0.308 e. The van der Waals surface area contributed by atoms with E-state index in [0.29, 0.717) is 0 Å². The molecule has 0 radical (unpaired) electrons. The van der Waals surface area contributed by atoms with Crippen LogP contribution in [0.25, 0.3) is 0 Å². The lowest BCUT2D eigenvalue weighted by molar-refractivity contribution is -0.136. The number of unbranched alkanes of at least 4 members (excludes halogenated alkanes) is 3. The lowest BCUT2D eigenvalue weighted by atomic mass is 10.1. The summed E-state index contributed by atoms with van der Waals surface area (Å²) >= 11 is 1.56. The van der Waals surface area contributed by atoms with E-state index in [0.717, 1.165) is 11.3 Å². The van der Waals surface area contributed by atoms with Crippen LogP contribution in [0.4, 0.5) is 0 Å². The highest BCUT2D eigenvalue weighted by Crippen LogP contribution is 2.20. The van der Waals surface area contributed by atoms with Crippen molar-refractivity contribution in [3.8, 4) is 0 Å². The van der Waals surface area contributed by atoms with E-state index < -0.39 is 5.97 Å². The number of carboxylic acids is 1. The van der Waals surface area contributed by atoms with E-state index in [4.69, 9.17) is 5.11 Å². The Morgan fingerprint density at radius 2 is 2.20 bits per heavy atom. The second kappa shape index (κ2) is 6.62. The molecule has 1 aromatic heterocycles. The Morgan fingerprint density at radius 1 is 1.40 bits per heavy atom. The van der Waals surface area contributed by atoms with E-state index in [1.165, 1.54) is 31.2 Å². The molecule has 0 bridgehead atoms. The highest BCUT2D eigenvalue weighted by atomic mass is 32.1. The summed E-state index contributed by atoms with van der Waals surface area (Å²) in [7, 11) is 0. The molecule has 3 heteroatoms. The third-order valence-electron chi connectivity index (χ3n) is 2.45. The first kappa shape index (κ1) is 12.2. The molecule has 0 aromatic carbocycles. The van der Waals surface area contributed by atoms with E-state index in [2.05, 4.69) is 13.0 Å². The summed E-state index contributed by atoms with van der Waals surface area (Å²) < 4.78 is 0. The van der Waals surface area contributed by atoms with Gasteiger partial charge < -0.3 is 5.11 Å². The Bertz CT molecular complexity index is 304. The van der Waals surface area contributed by atoms with E-state index >= 15 is 0 Å². The van der Waals surface area contributed by atoms with Gasteiger partial charge in [0.25, 0.3) is 0 Å². The van der Waals surface area contributed by atoms with Crippen molar-refractivity contribution in [2.75, 3.05) is 0 Å². The first-order valence-electron chi connectivity index (χ1n) is 5.51. The number of aliphatic carboxylic acids is 1. The third-order valence-corrected chi connectivity index (χ3v) is 3.41. The largest absolute Gasteiger partial charge is 0.481 e. The lowest BCUT2D eigenvalue weighted by Crippen LogP contribution is -2.00. The summed E-state index contributed by atoms with van der Waals surface area (Å²) in [4.78, 5) is 11.6. The monoisotopic (exact) mass is 226 g/mol. The highest BCUT2D eigenvalue weighted by molar-refractivity contribution is 7.10. The van der Waals surface area contributed by atoms with Gasteiger partial charge in [0.1, 0.15) is 0 Å². The molecule has 1 rings (SSSR count). The van der Waals surface area contributed by atoms with Crippen LogP contribution >= 0.6 is 11.3 Å². The van der Waals surface area contributed by atoms with Crippen molar-refractivity contribution in [1.29, 1.82) is 0 Å². The average molecular weight is 226 g/mol. The zero-order chi connectivity index (χ0) is 11.1. The quantitative estimate of drug-likeness (QED) is 0.722. The molecule has 1 N–H and O–H groups in total. The molecule has 0 saturated carbocycles. The molecular formula is C12H18O2S. The fourth-order valence-corrected chi connectivity index (χ4v) is 2.55. The van der Waals surface area contributed by atoms with Crippen molar-refractivity contribution in [3.05, 3.63) is 21.9 Å². The fourth-order valence-electron chi connectivity index (χ4n) is 1.62. The summed E-state index contributed by atoms with van der Waals surface area (Å²) in [6.07, 6.45) is 6.16. The summed E-state index contributed by atoms with van der Waals surface area (Å²) in [6, 6.07) is 2.06. The molecule has 15 heavy (non-hydrogen) atoms. The SMILES string of the molecule is CCCCCCc1ccsc1CC(=O)O. The molecule has 0 atom stereocenters. The van der Waals surface area contributed by atoms with Gasteiger partial charge in [-0.15, -0.1) is 11.3 Å². The molecule has 0 aliphatic carbocycles. The van der Waals surface area contributed by atoms with Crippen LogP contribution in [-0.4, -0.2) is 11.1 Å². The number of carbonyl (C=O) groups is 1. The maximum atomic E-state index is 10.6. The molecule has 2 nitrogen and oxygen atoms in total. The highest BCUT2D eigenvalue weighted by Gasteiger charge is 2.07. The molecule has 0 fully saturated rings. The number of aryl methyl sites for hydroxylation is 1. The normalized spacial score (nSPS) is 10.5. The van der Waals surface area contributed by atoms with Gasteiger partial charge in [-0.3, -0.25) is 4.79 Å². The Hall–Kier alpha value is -0.830. The number of hydrogen-bond donors (Lipinski definition) is 1. The third kappa shape index (κ3) is 4.47. The molecule has 1 heterocycles. The molecule has 1 aromatic rings. The topological polar surface area (TPSA) is 37.3 Å². The van der Waals surface area contributed by atoms with Crippen LogP contribution in [0.5, 0.6) is 0 Å². The van der Waals surface area contributed by atoms with Gasteiger partial charge in [-0.1, -0.05) is 26.2 Å². The summed E-state index contributed by atoms with van der Waals surface area (Å²) in [6.45, 7) is 2.19. The Balaban J connectivity index is 2.39. The van der Waals surface area contributed by atoms with Crippen molar-refractivity contribution < 1.29 is 9.90 Å². The van der Waals surface area contributed by atoms with Crippen LogP contribution in [0.15, 0.2) is 11.4 Å². The molecule has 0 spiro atoms. The van der Waals surface area contributed by atoms with Crippen molar-refractivity contribution in [1.82, 2.24) is 0 Å². The second-order valence-corrected chi connectivity index (χ2v) is 4.75. The summed E-state index contributed by atoms with van der Waals surface area (Å²) in [5, 5.41) is 10.7. The number of hydrogen-bond acceptors (Lipinski definition) is 2. The molecule has 0 aliphatic heterocycles. The van der Waals surface area contributed by atoms with Crippen LogP contribution in [0.3, 0.4) is 0 Å². The van der Waals surface area contributed by atoms with Crippen molar-refractivity contribution in [3.63, 3.8) is 0 Å². The first-order chi connectivity index (χ1) is 7.24. The minimum Gasteiger partial charge on any atom is -0.481 e. The molecule has 84 valence electrons. The maximum Gasteiger partial charge on any atom is 0.308 e. The van der Waals surface area contributed by atoms with Crippen molar-refractivity contribution >= 4 is 17.3 Å². The van der Waals surface area contributed by atoms with Crippen LogP contribution in [0.2, 0.25) is 0 Å². The summed E-state index contributed by atoms with van der Waals surface area (Å²) in [5.41, 5.74) is 1.23. The predicted molar refractivity (Wildman–Crippen MR) is 63.5 cm³/mol. The zero-order valence-corrected chi connectivity index (χ0v) is 9.98. The van der Waals surface area contributed by atoms with Gasteiger partial charge in [-0.05, 0) is 29.9 Å². The number of thiophene rings is 1. The van der Waals surface area contributed by atoms with E-state index in [1.807, 2.05) is 5.38 Å². The van der Waals surface area contributed by atoms with Gasteiger partial charge in [0.05, 0.1) is 6.42 Å². The van der Waals surface area contributed by atoms with Crippen molar-refractivity contribution in [2.24, 2.45) is 0 Å². The Morgan fingerprint density at radius 3 is 2.87 bits per heavy atom. The molecule has 0 unspecified atom stereocenters. The molecule has 0 saturated heterocycles. The fraction of sp³-hybridized carbons (Fsp3) is 0.583. The Labute approximate surface area is 94.9 Å². The van der Waals surface area contributed by atoms with Crippen molar-refractivity contribution in [2.45, 2.75) is 45.4 Å². The van der Waals surface area contributed by atoms with Crippen LogP contribution in [0.1, 0.15) is 43.0 Å². The molecule has 0 amide bonds. The standard InChI is InChI=1S/C12H18O2S/c1-2-3-4-5-6-10-7-8-15-11(10)9-12(13)14/h7-8H,2-6,9H2,1H3,(H,13,14). The van der Waals surface area contributed by atoms with E-state index in [9.17, 15) is 4.79 Å². The van der Waals surface area contributed by atoms with Crippen LogP contribution < -0.4 is 0 Å². The van der Waals surface area contributed by atoms with E-state index in [1.54, 1.807) is 11.3 Å². The van der Waals surface area contributed by atoms with Gasteiger partial charge in [-0.25, -0.2) is 0 Å². The predicted octanol–water partition coefficient (Wildman–Crippen LogP) is 3.50. The van der Waals surface area contributed by atoms with E-state index in [-0.39, 0.29) is 6.42 Å². The second-order valence-electron chi connectivity index (χ2n) is 3.75. The van der Waals surface area contributed by atoms with Gasteiger partial charge in [-0.2, -0.15) is 0 Å². The first-order valence-corrected chi connectivity index (χ1v) is 6.39. The zero-order valence-electron chi connectivity index (χ0n) is 9.16. The van der Waals surface area contributed by atoms with Crippen LogP contribution in [-0.2, 0) is 17.6 Å². The van der Waals surface area contributed by atoms with Gasteiger partial charge >= 0.3 is 5.97 Å². The number of rotatable bonds is 7. The minimum atomic E-state index is -0.729.